The molecule has 40 heavy (non-hydrogen) atoms. The van der Waals surface area contributed by atoms with Gasteiger partial charge in [0.2, 0.25) is 0 Å². The standard InChI is InChI=1S/C30H35F3N4O3/c1-19(28(39)40)23(12-16-37-15-8-13-29(2,3)18-37)36-27(38)25-17-21(26(35-25)24-11-6-7-14-34-24)20-9-4-5-10-22(20)30(31,32)33/h4-7,9-11,14,17,19,23,26H,8,12-13,15-16,18H2,1-3H3,(H,36,38)(H,39,40)/t19-,23+,26?/m1/s1. The quantitative estimate of drug-likeness (QED) is 0.432. The van der Waals surface area contributed by atoms with Gasteiger partial charge >= 0.3 is 12.1 Å². The maximum Gasteiger partial charge on any atom is 0.416 e. The minimum absolute atomic E-state index is 0.0654. The molecule has 0 spiro atoms. The van der Waals surface area contributed by atoms with Crippen molar-refractivity contribution in [2.75, 3.05) is 19.6 Å². The van der Waals surface area contributed by atoms with Crippen molar-refractivity contribution in [3.8, 4) is 0 Å². The molecule has 3 heterocycles. The van der Waals surface area contributed by atoms with Gasteiger partial charge in [0, 0.05) is 25.3 Å². The van der Waals surface area contributed by atoms with Gasteiger partial charge in [-0.25, -0.2) is 0 Å². The third-order valence-corrected chi connectivity index (χ3v) is 7.64. The van der Waals surface area contributed by atoms with Gasteiger partial charge in [0.1, 0.15) is 11.8 Å². The fraction of sp³-hybridized carbons (Fsp3) is 0.467. The van der Waals surface area contributed by atoms with Gasteiger partial charge in [-0.05, 0) is 73.6 Å². The molecule has 4 rings (SSSR count). The average molecular weight is 557 g/mol. The minimum Gasteiger partial charge on any atom is -0.481 e. The number of amides is 1. The zero-order chi connectivity index (χ0) is 29.1. The number of alkyl halides is 3. The Morgan fingerprint density at radius 3 is 2.55 bits per heavy atom. The number of likely N-dealkylation sites (tertiary alicyclic amines) is 1. The maximum absolute atomic E-state index is 13.9. The van der Waals surface area contributed by atoms with Gasteiger partial charge in [-0.1, -0.05) is 38.1 Å². The number of hydrogen-bond acceptors (Lipinski definition) is 5. The molecule has 214 valence electrons. The number of carbonyl (C=O) groups is 2. The van der Waals surface area contributed by atoms with E-state index < -0.39 is 41.6 Å². The highest BCUT2D eigenvalue weighted by Crippen LogP contribution is 2.42. The number of aromatic nitrogens is 1. The van der Waals surface area contributed by atoms with E-state index in [9.17, 15) is 27.9 Å². The molecule has 2 aromatic rings. The number of halogens is 3. The van der Waals surface area contributed by atoms with E-state index in [0.717, 1.165) is 32.0 Å². The predicted octanol–water partition coefficient (Wildman–Crippen LogP) is 5.40. The van der Waals surface area contributed by atoms with Crippen LogP contribution < -0.4 is 5.32 Å². The summed E-state index contributed by atoms with van der Waals surface area (Å²) in [4.78, 5) is 36.4. The molecular weight excluding hydrogens is 521 g/mol. The topological polar surface area (TPSA) is 94.9 Å². The Bertz CT molecular complexity index is 1290. The van der Waals surface area contributed by atoms with Crippen LogP contribution in [-0.2, 0) is 15.8 Å². The van der Waals surface area contributed by atoms with Gasteiger partial charge in [0.25, 0.3) is 5.91 Å². The number of piperidine rings is 1. The number of aliphatic carboxylic acids is 1. The third kappa shape index (κ3) is 6.96. The van der Waals surface area contributed by atoms with E-state index in [1.54, 1.807) is 25.1 Å². The number of benzene rings is 1. The average Bonchev–Trinajstić information content (AvgIpc) is 3.35. The lowest BCUT2D eigenvalue weighted by atomic mass is 9.84. The van der Waals surface area contributed by atoms with Crippen LogP contribution in [0.1, 0.15) is 62.9 Å². The van der Waals surface area contributed by atoms with Crippen LogP contribution in [0.15, 0.2) is 59.7 Å². The number of nitrogens with one attached hydrogen (secondary N) is 1. The first-order valence-corrected chi connectivity index (χ1v) is 13.5. The first-order chi connectivity index (χ1) is 18.9. The molecule has 0 radical (unpaired) electrons. The van der Waals surface area contributed by atoms with Gasteiger partial charge in [0.05, 0.1) is 17.2 Å². The molecule has 10 heteroatoms. The number of carboxylic acid groups (broad SMARTS) is 1. The fourth-order valence-electron chi connectivity index (χ4n) is 5.49. The smallest absolute Gasteiger partial charge is 0.416 e. The molecule has 7 nitrogen and oxygen atoms in total. The SMILES string of the molecule is C[C@@H](C(=O)O)[C@H](CCN1CCCC(C)(C)C1)NC(=O)C1=NC(c2ccccn2)C(c2ccccc2C(F)(F)F)=C1. The summed E-state index contributed by atoms with van der Waals surface area (Å²) in [5.41, 5.74) is -0.208. The summed E-state index contributed by atoms with van der Waals surface area (Å²) >= 11 is 0. The first kappa shape index (κ1) is 29.5. The van der Waals surface area contributed by atoms with Crippen LogP contribution in [0.2, 0.25) is 0 Å². The summed E-state index contributed by atoms with van der Waals surface area (Å²) in [6.07, 6.45) is 0.856. The van der Waals surface area contributed by atoms with Crippen LogP contribution in [0.5, 0.6) is 0 Å². The monoisotopic (exact) mass is 556 g/mol. The summed E-state index contributed by atoms with van der Waals surface area (Å²) in [5.74, 6) is -2.54. The van der Waals surface area contributed by atoms with Crippen LogP contribution in [-0.4, -0.2) is 58.3 Å². The van der Waals surface area contributed by atoms with Gasteiger partial charge in [-0.3, -0.25) is 19.6 Å². The fourth-order valence-corrected chi connectivity index (χ4v) is 5.49. The number of hydrogen-bond donors (Lipinski definition) is 2. The zero-order valence-electron chi connectivity index (χ0n) is 22.9. The van der Waals surface area contributed by atoms with Gasteiger partial charge in [0.15, 0.2) is 0 Å². The summed E-state index contributed by atoms with van der Waals surface area (Å²) < 4.78 is 41.7. The Morgan fingerprint density at radius 1 is 1.18 bits per heavy atom. The van der Waals surface area contributed by atoms with Gasteiger partial charge in [-0.15, -0.1) is 0 Å². The lowest BCUT2D eigenvalue weighted by Gasteiger charge is -2.38. The summed E-state index contributed by atoms with van der Waals surface area (Å²) in [6, 6.07) is 8.60. The van der Waals surface area contributed by atoms with Crippen molar-refractivity contribution >= 4 is 23.2 Å². The largest absolute Gasteiger partial charge is 0.481 e. The van der Waals surface area contributed by atoms with Crippen molar-refractivity contribution in [1.29, 1.82) is 0 Å². The molecular formula is C30H35F3N4O3. The van der Waals surface area contributed by atoms with Crippen LogP contribution >= 0.6 is 0 Å². The summed E-state index contributed by atoms with van der Waals surface area (Å²) in [5, 5.41) is 12.5. The number of aliphatic imine (C=N–C) groups is 1. The molecule has 1 fully saturated rings. The van der Waals surface area contributed by atoms with E-state index >= 15 is 0 Å². The van der Waals surface area contributed by atoms with Crippen molar-refractivity contribution in [3.05, 3.63) is 71.6 Å². The minimum atomic E-state index is -4.61. The molecule has 2 aliphatic heterocycles. The highest BCUT2D eigenvalue weighted by Gasteiger charge is 2.38. The summed E-state index contributed by atoms with van der Waals surface area (Å²) in [6.45, 7) is 8.37. The Kier molecular flexibility index (Phi) is 8.77. The third-order valence-electron chi connectivity index (χ3n) is 7.64. The summed E-state index contributed by atoms with van der Waals surface area (Å²) in [7, 11) is 0. The Hall–Kier alpha value is -3.53. The predicted molar refractivity (Wildman–Crippen MR) is 147 cm³/mol. The molecule has 2 aliphatic rings. The molecule has 1 saturated heterocycles. The second-order valence-corrected chi connectivity index (χ2v) is 11.4. The molecule has 3 atom stereocenters. The molecule has 1 aromatic heterocycles. The molecule has 0 bridgehead atoms. The lowest BCUT2D eigenvalue weighted by Crippen LogP contribution is -2.47. The van der Waals surface area contributed by atoms with Crippen molar-refractivity contribution < 1.29 is 27.9 Å². The molecule has 2 N–H and O–H groups in total. The van der Waals surface area contributed by atoms with Crippen LogP contribution in [0.25, 0.3) is 5.57 Å². The van der Waals surface area contributed by atoms with Crippen LogP contribution in [0, 0.1) is 11.3 Å². The number of rotatable bonds is 9. The number of nitrogens with zero attached hydrogens (tertiary/aromatic N) is 3. The van der Waals surface area contributed by atoms with Crippen molar-refractivity contribution in [3.63, 3.8) is 0 Å². The molecule has 1 amide bonds. The zero-order valence-corrected chi connectivity index (χ0v) is 22.9. The normalized spacial score (nSPS) is 20.8. The van der Waals surface area contributed by atoms with E-state index in [4.69, 9.17) is 0 Å². The second-order valence-electron chi connectivity index (χ2n) is 11.4. The van der Waals surface area contributed by atoms with E-state index in [2.05, 4.69) is 34.0 Å². The van der Waals surface area contributed by atoms with Crippen molar-refractivity contribution in [2.24, 2.45) is 16.3 Å². The molecule has 1 unspecified atom stereocenters. The molecule has 1 aromatic carbocycles. The highest BCUT2D eigenvalue weighted by atomic mass is 19.4. The van der Waals surface area contributed by atoms with Crippen LogP contribution in [0.3, 0.4) is 0 Å². The second kappa shape index (κ2) is 11.9. The first-order valence-electron chi connectivity index (χ1n) is 13.5. The van der Waals surface area contributed by atoms with E-state index in [-0.39, 0.29) is 22.3 Å². The molecule has 0 aliphatic carbocycles. The Labute approximate surface area is 232 Å². The van der Waals surface area contributed by atoms with E-state index in [1.807, 2.05) is 0 Å². The van der Waals surface area contributed by atoms with Gasteiger partial charge in [-0.2, -0.15) is 13.2 Å². The Balaban J connectivity index is 1.61. The van der Waals surface area contributed by atoms with Crippen molar-refractivity contribution in [1.82, 2.24) is 15.2 Å². The van der Waals surface area contributed by atoms with E-state index in [0.29, 0.717) is 18.7 Å². The molecule has 0 saturated carbocycles. The number of carboxylic acids is 1. The number of carbonyl (C=O) groups excluding carboxylic acids is 1. The Morgan fingerprint density at radius 2 is 1.90 bits per heavy atom. The number of pyridine rings is 1. The van der Waals surface area contributed by atoms with E-state index in [1.165, 1.54) is 30.5 Å². The highest BCUT2D eigenvalue weighted by molar-refractivity contribution is 6.45. The lowest BCUT2D eigenvalue weighted by molar-refractivity contribution is -0.142. The van der Waals surface area contributed by atoms with Crippen LogP contribution in [0.4, 0.5) is 13.2 Å². The van der Waals surface area contributed by atoms with Gasteiger partial charge < -0.3 is 15.3 Å². The maximum atomic E-state index is 13.9. The van der Waals surface area contributed by atoms with Crippen molar-refractivity contribution in [2.45, 2.75) is 58.3 Å².